The second-order valence-corrected chi connectivity index (χ2v) is 8.00. The summed E-state index contributed by atoms with van der Waals surface area (Å²) in [6.45, 7) is 11.2. The molecule has 1 aliphatic rings. The predicted molar refractivity (Wildman–Crippen MR) is 116 cm³/mol. The van der Waals surface area contributed by atoms with Crippen molar-refractivity contribution in [2.45, 2.75) is 26.8 Å². The fourth-order valence-electron chi connectivity index (χ4n) is 4.44. The Morgan fingerprint density at radius 2 is 1.90 bits per heavy atom. The van der Waals surface area contributed by atoms with Crippen molar-refractivity contribution >= 4 is 11.5 Å². The van der Waals surface area contributed by atoms with Crippen molar-refractivity contribution in [1.82, 2.24) is 4.57 Å². The van der Waals surface area contributed by atoms with Gasteiger partial charge in [0.25, 0.3) is 0 Å². The van der Waals surface area contributed by atoms with Gasteiger partial charge in [-0.2, -0.15) is 0 Å². The Morgan fingerprint density at radius 3 is 2.55 bits per heavy atom. The van der Waals surface area contributed by atoms with Gasteiger partial charge in [0, 0.05) is 35.8 Å². The molecule has 1 aromatic carbocycles. The normalized spacial score (nSPS) is 16.1. The van der Waals surface area contributed by atoms with E-state index in [2.05, 4.69) is 35.4 Å². The van der Waals surface area contributed by atoms with Crippen molar-refractivity contribution in [2.24, 2.45) is 0 Å². The van der Waals surface area contributed by atoms with Crippen LogP contribution in [0.15, 0.2) is 30.3 Å². The van der Waals surface area contributed by atoms with Gasteiger partial charge in [-0.3, -0.25) is 4.79 Å². The Morgan fingerprint density at radius 1 is 1.17 bits per heavy atom. The average Bonchev–Trinajstić information content (AvgIpc) is 3.03. The lowest BCUT2D eigenvalue weighted by Crippen LogP contribution is -3.15. The molecular weight excluding hydrogens is 366 g/mol. The number of benzene rings is 1. The number of methoxy groups -OCH3 is 2. The number of quaternary nitrogens is 1. The highest BCUT2D eigenvalue weighted by Gasteiger charge is 2.25. The second kappa shape index (κ2) is 9.46. The maximum Gasteiger partial charge on any atom is 0.218 e. The van der Waals surface area contributed by atoms with Crippen LogP contribution in [0.5, 0.6) is 5.75 Å². The molecule has 0 unspecified atom stereocenters. The topological polar surface area (TPSA) is 48.1 Å². The van der Waals surface area contributed by atoms with Gasteiger partial charge < -0.3 is 23.8 Å². The minimum absolute atomic E-state index is 0.223. The first-order valence-electron chi connectivity index (χ1n) is 10.4. The van der Waals surface area contributed by atoms with Crippen LogP contribution < -0.4 is 14.5 Å². The lowest BCUT2D eigenvalue weighted by molar-refractivity contribution is -0.892. The smallest absolute Gasteiger partial charge is 0.218 e. The molecule has 2 heterocycles. The molecule has 0 spiro atoms. The molecule has 29 heavy (non-hydrogen) atoms. The molecule has 158 valence electrons. The van der Waals surface area contributed by atoms with Gasteiger partial charge in [0.1, 0.15) is 12.3 Å². The maximum atomic E-state index is 13.0. The SMILES string of the molecule is COC[C@H](C)n1c(C)cc(C(=O)C[NH+]2CCN(c3cccc(OC)c3)CC2)c1C. The van der Waals surface area contributed by atoms with Crippen LogP contribution in [0.1, 0.15) is 34.7 Å². The monoisotopic (exact) mass is 400 g/mol. The van der Waals surface area contributed by atoms with E-state index in [0.717, 1.165) is 48.9 Å². The van der Waals surface area contributed by atoms with Crippen molar-refractivity contribution < 1.29 is 19.2 Å². The fraction of sp³-hybridized carbons (Fsp3) is 0.522. The van der Waals surface area contributed by atoms with Gasteiger partial charge in [0.15, 0.2) is 0 Å². The van der Waals surface area contributed by atoms with E-state index in [-0.39, 0.29) is 11.8 Å². The Balaban J connectivity index is 1.61. The third-order valence-corrected chi connectivity index (χ3v) is 5.93. The molecule has 0 radical (unpaired) electrons. The number of hydrogen-bond acceptors (Lipinski definition) is 4. The second-order valence-electron chi connectivity index (χ2n) is 8.00. The summed E-state index contributed by atoms with van der Waals surface area (Å²) in [6.07, 6.45) is 0. The first-order valence-corrected chi connectivity index (χ1v) is 10.4. The Kier molecular flexibility index (Phi) is 6.98. The highest BCUT2D eigenvalue weighted by molar-refractivity contribution is 5.98. The zero-order valence-corrected chi connectivity index (χ0v) is 18.3. The number of nitrogens with zero attached hydrogens (tertiary/aromatic N) is 2. The van der Waals surface area contributed by atoms with Gasteiger partial charge in [-0.15, -0.1) is 0 Å². The van der Waals surface area contributed by atoms with E-state index in [4.69, 9.17) is 9.47 Å². The number of carbonyl (C=O) groups excluding carboxylic acids is 1. The molecule has 0 saturated carbocycles. The van der Waals surface area contributed by atoms with Crippen LogP contribution in [0.2, 0.25) is 0 Å². The number of nitrogens with one attached hydrogen (secondary N) is 1. The number of piperazine rings is 1. The summed E-state index contributed by atoms with van der Waals surface area (Å²) in [5.74, 6) is 1.12. The molecule has 6 nitrogen and oxygen atoms in total. The van der Waals surface area contributed by atoms with Gasteiger partial charge in [-0.05, 0) is 39.0 Å². The molecule has 3 rings (SSSR count). The summed E-state index contributed by atoms with van der Waals surface area (Å²) in [7, 11) is 3.41. The molecule has 1 N–H and O–H groups in total. The van der Waals surface area contributed by atoms with E-state index < -0.39 is 0 Å². The molecule has 0 amide bonds. The molecule has 1 aliphatic heterocycles. The highest BCUT2D eigenvalue weighted by Crippen LogP contribution is 2.22. The van der Waals surface area contributed by atoms with E-state index in [0.29, 0.717) is 13.2 Å². The molecule has 1 saturated heterocycles. The van der Waals surface area contributed by atoms with E-state index in [9.17, 15) is 4.79 Å². The van der Waals surface area contributed by atoms with Crippen molar-refractivity contribution in [3.8, 4) is 5.75 Å². The quantitative estimate of drug-likeness (QED) is 0.688. The number of carbonyl (C=O) groups is 1. The van der Waals surface area contributed by atoms with Crippen molar-refractivity contribution in [3.05, 3.63) is 47.3 Å². The number of aromatic nitrogens is 1. The third-order valence-electron chi connectivity index (χ3n) is 5.93. The molecule has 1 aromatic heterocycles. The van der Waals surface area contributed by atoms with Crippen LogP contribution in [0.3, 0.4) is 0 Å². The number of anilines is 1. The third kappa shape index (κ3) is 4.82. The molecule has 0 aliphatic carbocycles. The zero-order valence-electron chi connectivity index (χ0n) is 18.3. The van der Waals surface area contributed by atoms with Gasteiger partial charge in [0.05, 0.1) is 45.9 Å². The van der Waals surface area contributed by atoms with Crippen molar-refractivity contribution in [2.75, 3.05) is 58.5 Å². The summed E-state index contributed by atoms with van der Waals surface area (Å²) in [5.41, 5.74) is 4.21. The Labute approximate surface area is 174 Å². The Hall–Kier alpha value is -2.31. The summed E-state index contributed by atoms with van der Waals surface area (Å²) < 4.78 is 12.8. The minimum Gasteiger partial charge on any atom is -0.497 e. The zero-order chi connectivity index (χ0) is 21.0. The molecule has 6 heteroatoms. The van der Waals surface area contributed by atoms with Crippen molar-refractivity contribution in [3.63, 3.8) is 0 Å². The standard InChI is InChI=1S/C23H33N3O3/c1-17-13-22(19(3)26(17)18(2)16-28-4)23(27)15-24-9-11-25(12-10-24)20-7-6-8-21(14-20)29-5/h6-8,13-14,18H,9-12,15-16H2,1-5H3/p+1/t18-/m0/s1. The van der Waals surface area contributed by atoms with Gasteiger partial charge in [-0.1, -0.05) is 6.07 Å². The Bertz CT molecular complexity index is 838. The average molecular weight is 401 g/mol. The maximum absolute atomic E-state index is 13.0. The number of ether oxygens (including phenoxy) is 2. The van der Waals surface area contributed by atoms with Crippen LogP contribution in [0, 0.1) is 13.8 Å². The minimum atomic E-state index is 0.223. The largest absolute Gasteiger partial charge is 0.497 e. The van der Waals surface area contributed by atoms with Crippen LogP contribution >= 0.6 is 0 Å². The van der Waals surface area contributed by atoms with Gasteiger partial charge >= 0.3 is 0 Å². The molecule has 1 fully saturated rings. The number of hydrogen-bond donors (Lipinski definition) is 1. The predicted octanol–water partition coefficient (Wildman–Crippen LogP) is 1.91. The van der Waals surface area contributed by atoms with E-state index >= 15 is 0 Å². The lowest BCUT2D eigenvalue weighted by atomic mass is 10.1. The fourth-order valence-corrected chi connectivity index (χ4v) is 4.44. The van der Waals surface area contributed by atoms with Crippen LogP contribution in [-0.4, -0.2) is 63.9 Å². The van der Waals surface area contributed by atoms with E-state index in [1.165, 1.54) is 10.6 Å². The first kappa shape index (κ1) is 21.4. The van der Waals surface area contributed by atoms with Crippen molar-refractivity contribution in [1.29, 1.82) is 0 Å². The first-order chi connectivity index (χ1) is 13.9. The molecule has 0 bridgehead atoms. The number of aryl methyl sites for hydroxylation is 1. The molecule has 1 atom stereocenters. The molecular formula is C23H34N3O3+. The molecule has 2 aromatic rings. The summed E-state index contributed by atoms with van der Waals surface area (Å²) in [4.78, 5) is 16.7. The summed E-state index contributed by atoms with van der Waals surface area (Å²) in [5, 5.41) is 0. The number of rotatable bonds is 8. The summed E-state index contributed by atoms with van der Waals surface area (Å²) >= 11 is 0. The van der Waals surface area contributed by atoms with E-state index in [1.807, 2.05) is 25.1 Å². The number of ketones is 1. The van der Waals surface area contributed by atoms with Crippen LogP contribution in [-0.2, 0) is 4.74 Å². The highest BCUT2D eigenvalue weighted by atomic mass is 16.5. The lowest BCUT2D eigenvalue weighted by Gasteiger charge is -2.33. The number of Topliss-reactive ketones (excluding diaryl/α,β-unsaturated/α-hetero) is 1. The van der Waals surface area contributed by atoms with Crippen LogP contribution in [0.25, 0.3) is 0 Å². The van der Waals surface area contributed by atoms with Crippen LogP contribution in [0.4, 0.5) is 5.69 Å². The van der Waals surface area contributed by atoms with E-state index in [1.54, 1.807) is 14.2 Å². The van der Waals surface area contributed by atoms with Gasteiger partial charge in [-0.25, -0.2) is 0 Å². The van der Waals surface area contributed by atoms with Gasteiger partial charge in [0.2, 0.25) is 5.78 Å². The summed E-state index contributed by atoms with van der Waals surface area (Å²) in [6, 6.07) is 10.4.